The number of nitrogens with zero attached hydrogens (tertiary/aromatic N) is 1. The van der Waals surface area contributed by atoms with Crippen molar-refractivity contribution in [3.63, 3.8) is 0 Å². The number of benzene rings is 2. The molecule has 0 N–H and O–H groups in total. The summed E-state index contributed by atoms with van der Waals surface area (Å²) in [4.78, 5) is 12.5. The second-order valence-electron chi connectivity index (χ2n) is 5.36. The van der Waals surface area contributed by atoms with Crippen LogP contribution in [-0.4, -0.2) is 23.3 Å². The molecule has 0 aromatic heterocycles. The summed E-state index contributed by atoms with van der Waals surface area (Å²) in [6.45, 7) is 2.22. The van der Waals surface area contributed by atoms with E-state index in [4.69, 9.17) is 0 Å². The fourth-order valence-electron chi connectivity index (χ4n) is 2.47. The lowest BCUT2D eigenvalue weighted by atomic mass is 9.93. The zero-order chi connectivity index (χ0) is 15.8. The van der Waals surface area contributed by atoms with E-state index in [0.29, 0.717) is 5.56 Å². The zero-order valence-corrected chi connectivity index (χ0v) is 12.8. The van der Waals surface area contributed by atoms with Crippen LogP contribution in [0.3, 0.4) is 0 Å². The molecule has 0 radical (unpaired) electrons. The Morgan fingerprint density at radius 1 is 1.09 bits per heavy atom. The number of rotatable bonds is 7. The summed E-state index contributed by atoms with van der Waals surface area (Å²) in [6, 6.07) is 18.6. The standard InChI is InChI=1S/C19H21NO2/c1-2-9-18(19(21)17-12-7-4-8-13-17)15-20(22)14-16-10-5-3-6-11-16/h3-8,10-14,18H,2,9,15H2,1H3. The van der Waals surface area contributed by atoms with Crippen molar-refractivity contribution in [3.05, 3.63) is 77.0 Å². The number of hydrogen-bond donors (Lipinski definition) is 0. The van der Waals surface area contributed by atoms with E-state index in [9.17, 15) is 10.0 Å². The molecule has 0 spiro atoms. The Morgan fingerprint density at radius 3 is 2.27 bits per heavy atom. The maximum Gasteiger partial charge on any atom is 0.181 e. The highest BCUT2D eigenvalue weighted by Gasteiger charge is 2.22. The molecule has 22 heavy (non-hydrogen) atoms. The van der Waals surface area contributed by atoms with Crippen LogP contribution in [0.2, 0.25) is 0 Å². The van der Waals surface area contributed by atoms with Gasteiger partial charge < -0.3 is 5.21 Å². The van der Waals surface area contributed by atoms with Gasteiger partial charge in [0.2, 0.25) is 0 Å². The topological polar surface area (TPSA) is 43.1 Å². The molecule has 0 fully saturated rings. The molecule has 2 aromatic rings. The van der Waals surface area contributed by atoms with Crippen molar-refractivity contribution in [3.8, 4) is 0 Å². The van der Waals surface area contributed by atoms with Crippen molar-refractivity contribution in [1.82, 2.24) is 0 Å². The van der Waals surface area contributed by atoms with Crippen LogP contribution in [-0.2, 0) is 0 Å². The van der Waals surface area contributed by atoms with Crippen LogP contribution in [0.15, 0.2) is 60.7 Å². The largest absolute Gasteiger partial charge is 0.624 e. The third kappa shape index (κ3) is 4.55. The summed E-state index contributed by atoms with van der Waals surface area (Å²) >= 11 is 0. The van der Waals surface area contributed by atoms with Crippen LogP contribution in [0.25, 0.3) is 0 Å². The van der Waals surface area contributed by atoms with Crippen molar-refractivity contribution in [2.75, 3.05) is 6.54 Å². The first-order valence-electron chi connectivity index (χ1n) is 7.63. The van der Waals surface area contributed by atoms with Gasteiger partial charge in [-0.25, -0.2) is 4.74 Å². The third-order valence-corrected chi connectivity index (χ3v) is 3.56. The molecule has 0 aliphatic heterocycles. The summed E-state index contributed by atoms with van der Waals surface area (Å²) in [5.41, 5.74) is 1.52. The Balaban J connectivity index is 2.11. The van der Waals surface area contributed by atoms with Gasteiger partial charge in [-0.05, 0) is 18.6 Å². The van der Waals surface area contributed by atoms with E-state index in [2.05, 4.69) is 0 Å². The summed E-state index contributed by atoms with van der Waals surface area (Å²) in [6.07, 6.45) is 3.14. The van der Waals surface area contributed by atoms with Gasteiger partial charge >= 0.3 is 0 Å². The van der Waals surface area contributed by atoms with Crippen LogP contribution in [0.4, 0.5) is 0 Å². The van der Waals surface area contributed by atoms with E-state index in [1.54, 1.807) is 18.3 Å². The Hall–Kier alpha value is -2.42. The number of ketones is 1. The van der Waals surface area contributed by atoms with Gasteiger partial charge in [0, 0.05) is 11.1 Å². The van der Waals surface area contributed by atoms with Gasteiger partial charge in [0.1, 0.15) is 0 Å². The van der Waals surface area contributed by atoms with Crippen LogP contribution in [0.1, 0.15) is 35.7 Å². The average Bonchev–Trinajstić information content (AvgIpc) is 2.55. The minimum absolute atomic E-state index is 0.0461. The fourth-order valence-corrected chi connectivity index (χ4v) is 2.47. The minimum atomic E-state index is -0.273. The first-order chi connectivity index (χ1) is 10.7. The van der Waals surface area contributed by atoms with Gasteiger partial charge in [-0.15, -0.1) is 0 Å². The molecule has 2 rings (SSSR count). The highest BCUT2D eigenvalue weighted by Crippen LogP contribution is 2.15. The van der Waals surface area contributed by atoms with Gasteiger partial charge in [0.05, 0.1) is 5.92 Å². The normalized spacial score (nSPS) is 12.9. The third-order valence-electron chi connectivity index (χ3n) is 3.56. The molecular weight excluding hydrogens is 274 g/mol. The maximum absolute atomic E-state index is 12.5. The molecule has 0 bridgehead atoms. The molecule has 3 nitrogen and oxygen atoms in total. The second-order valence-corrected chi connectivity index (χ2v) is 5.36. The van der Waals surface area contributed by atoms with E-state index in [0.717, 1.165) is 23.1 Å². The highest BCUT2D eigenvalue weighted by atomic mass is 16.5. The molecule has 114 valence electrons. The van der Waals surface area contributed by atoms with Crippen LogP contribution < -0.4 is 0 Å². The van der Waals surface area contributed by atoms with E-state index >= 15 is 0 Å². The number of carbonyl (C=O) groups excluding carboxylic acids is 1. The first-order valence-corrected chi connectivity index (χ1v) is 7.63. The van der Waals surface area contributed by atoms with Gasteiger partial charge in [-0.1, -0.05) is 61.9 Å². The van der Waals surface area contributed by atoms with E-state index in [1.165, 1.54) is 0 Å². The molecule has 1 atom stereocenters. The van der Waals surface area contributed by atoms with Gasteiger partial charge in [-0.3, -0.25) is 4.79 Å². The molecule has 0 saturated carbocycles. The molecule has 0 amide bonds. The van der Waals surface area contributed by atoms with Gasteiger partial charge in [0.15, 0.2) is 18.5 Å². The predicted octanol–water partition coefficient (Wildman–Crippen LogP) is 3.92. The lowest BCUT2D eigenvalue weighted by Gasteiger charge is -2.14. The highest BCUT2D eigenvalue weighted by molar-refractivity contribution is 5.97. The molecule has 3 heteroatoms. The van der Waals surface area contributed by atoms with E-state index in [1.807, 2.05) is 55.5 Å². The van der Waals surface area contributed by atoms with Crippen LogP contribution in [0, 0.1) is 11.1 Å². The molecule has 0 aliphatic rings. The number of hydroxylamine groups is 1. The Morgan fingerprint density at radius 2 is 1.68 bits per heavy atom. The second kappa shape index (κ2) is 8.13. The molecule has 0 heterocycles. The number of Topliss-reactive ketones (excluding diaryl/α,β-unsaturated/α-hetero) is 1. The fraction of sp³-hybridized carbons (Fsp3) is 0.263. The SMILES string of the molecule is CCCC(C[N+]([O-])=Cc1ccccc1)C(=O)c1ccccc1. The Kier molecular flexibility index (Phi) is 5.90. The molecule has 1 unspecified atom stereocenters. The minimum Gasteiger partial charge on any atom is -0.624 e. The summed E-state index contributed by atoms with van der Waals surface area (Å²) < 4.78 is 0.872. The lowest BCUT2D eigenvalue weighted by Crippen LogP contribution is -2.25. The maximum atomic E-state index is 12.5. The van der Waals surface area contributed by atoms with Crippen molar-refractivity contribution >= 4 is 12.0 Å². The van der Waals surface area contributed by atoms with E-state index < -0.39 is 0 Å². The molecule has 2 aromatic carbocycles. The van der Waals surface area contributed by atoms with Crippen molar-refractivity contribution in [2.24, 2.45) is 5.92 Å². The lowest BCUT2D eigenvalue weighted by molar-refractivity contribution is -0.458. The van der Waals surface area contributed by atoms with Crippen molar-refractivity contribution < 1.29 is 9.53 Å². The van der Waals surface area contributed by atoms with Gasteiger partial charge in [0.25, 0.3) is 0 Å². The number of hydrogen-bond acceptors (Lipinski definition) is 2. The summed E-state index contributed by atoms with van der Waals surface area (Å²) in [7, 11) is 0. The Bertz CT molecular complexity index is 620. The van der Waals surface area contributed by atoms with E-state index in [-0.39, 0.29) is 18.2 Å². The summed E-state index contributed by atoms with van der Waals surface area (Å²) in [5, 5.41) is 12.1. The molecule has 0 aliphatic carbocycles. The van der Waals surface area contributed by atoms with Crippen molar-refractivity contribution in [2.45, 2.75) is 19.8 Å². The zero-order valence-electron chi connectivity index (χ0n) is 12.8. The average molecular weight is 295 g/mol. The summed E-state index contributed by atoms with van der Waals surface area (Å²) in [5.74, 6) is -0.227. The monoisotopic (exact) mass is 295 g/mol. The predicted molar refractivity (Wildman–Crippen MR) is 89.3 cm³/mol. The first kappa shape index (κ1) is 16.0. The van der Waals surface area contributed by atoms with Gasteiger partial charge in [-0.2, -0.15) is 0 Å². The van der Waals surface area contributed by atoms with Crippen molar-refractivity contribution in [1.29, 1.82) is 0 Å². The van der Waals surface area contributed by atoms with Crippen LogP contribution >= 0.6 is 0 Å². The quantitative estimate of drug-likeness (QED) is 0.255. The van der Waals surface area contributed by atoms with Crippen LogP contribution in [0.5, 0.6) is 0 Å². The molecular formula is C19H21NO2. The number of carbonyl (C=O) groups is 1. The molecule has 0 saturated heterocycles. The Labute approximate surface area is 131 Å². The smallest absolute Gasteiger partial charge is 0.181 e.